The largest absolute Gasteiger partial charge is 0.376 e. The van der Waals surface area contributed by atoms with E-state index in [0.29, 0.717) is 6.54 Å². The first-order chi connectivity index (χ1) is 9.18. The maximum absolute atomic E-state index is 12.2. The normalized spacial score (nSPS) is 16.0. The smallest absolute Gasteiger partial charge is 0.241 e. The molecule has 0 aliphatic carbocycles. The summed E-state index contributed by atoms with van der Waals surface area (Å²) in [6.45, 7) is 8.09. The van der Waals surface area contributed by atoms with Crippen LogP contribution in [0.4, 0.5) is 5.69 Å². The van der Waals surface area contributed by atoms with Crippen molar-refractivity contribution in [3.63, 3.8) is 0 Å². The summed E-state index contributed by atoms with van der Waals surface area (Å²) in [4.78, 5) is 14.1. The molecular formula is C15H23N3O. The second-order valence-corrected chi connectivity index (χ2v) is 5.10. The zero-order chi connectivity index (χ0) is 13.7. The van der Waals surface area contributed by atoms with Crippen molar-refractivity contribution in [3.05, 3.63) is 29.3 Å². The molecule has 0 aromatic heterocycles. The molecule has 1 saturated heterocycles. The van der Waals surface area contributed by atoms with Crippen LogP contribution in [0.25, 0.3) is 0 Å². The third-order valence-electron chi connectivity index (χ3n) is 3.59. The number of nitrogens with one attached hydrogen (secondary N) is 2. The fourth-order valence-corrected chi connectivity index (χ4v) is 2.46. The van der Waals surface area contributed by atoms with Gasteiger partial charge in [0.25, 0.3) is 0 Å². The Kier molecular flexibility index (Phi) is 4.80. The number of aryl methyl sites for hydroxylation is 2. The minimum Gasteiger partial charge on any atom is -0.376 e. The Morgan fingerprint density at radius 3 is 2.74 bits per heavy atom. The molecule has 1 aliphatic rings. The van der Waals surface area contributed by atoms with E-state index in [2.05, 4.69) is 36.6 Å². The summed E-state index contributed by atoms with van der Waals surface area (Å²) in [6.07, 6.45) is 1.04. The Morgan fingerprint density at radius 1 is 1.26 bits per heavy atom. The number of carbonyl (C=O) groups excluding carboxylic acids is 1. The predicted molar refractivity (Wildman–Crippen MR) is 78.5 cm³/mol. The van der Waals surface area contributed by atoms with Crippen LogP contribution in [0.2, 0.25) is 0 Å². The van der Waals surface area contributed by atoms with E-state index in [1.807, 2.05) is 11.0 Å². The molecule has 19 heavy (non-hydrogen) atoms. The third-order valence-corrected chi connectivity index (χ3v) is 3.59. The van der Waals surface area contributed by atoms with E-state index in [-0.39, 0.29) is 5.91 Å². The van der Waals surface area contributed by atoms with Crippen molar-refractivity contribution >= 4 is 11.6 Å². The van der Waals surface area contributed by atoms with Gasteiger partial charge < -0.3 is 15.5 Å². The zero-order valence-corrected chi connectivity index (χ0v) is 11.8. The van der Waals surface area contributed by atoms with Gasteiger partial charge in [0.15, 0.2) is 0 Å². The van der Waals surface area contributed by atoms with Crippen LogP contribution < -0.4 is 10.6 Å². The van der Waals surface area contributed by atoms with Gasteiger partial charge in [-0.3, -0.25) is 4.79 Å². The molecule has 0 spiro atoms. The molecule has 0 bridgehead atoms. The molecule has 1 heterocycles. The van der Waals surface area contributed by atoms with Crippen LogP contribution in [0, 0.1) is 13.8 Å². The summed E-state index contributed by atoms with van der Waals surface area (Å²) in [5.74, 6) is 0.186. The van der Waals surface area contributed by atoms with Crippen molar-refractivity contribution in [2.75, 3.05) is 38.0 Å². The fourth-order valence-electron chi connectivity index (χ4n) is 2.46. The highest BCUT2D eigenvalue weighted by molar-refractivity contribution is 5.81. The highest BCUT2D eigenvalue weighted by atomic mass is 16.2. The lowest BCUT2D eigenvalue weighted by Crippen LogP contribution is -2.38. The standard InChI is InChI=1S/C15H23N3O/c1-12-5-3-6-13(2)15(12)17-11-14(19)18-9-4-7-16-8-10-18/h3,5-6,16-17H,4,7-11H2,1-2H3. The second kappa shape index (κ2) is 6.57. The summed E-state index contributed by atoms with van der Waals surface area (Å²) >= 11 is 0. The van der Waals surface area contributed by atoms with Crippen molar-refractivity contribution in [1.29, 1.82) is 0 Å². The fraction of sp³-hybridized carbons (Fsp3) is 0.533. The SMILES string of the molecule is Cc1cccc(C)c1NCC(=O)N1CCCNCC1. The monoisotopic (exact) mass is 261 g/mol. The van der Waals surface area contributed by atoms with Gasteiger partial charge in [0.2, 0.25) is 5.91 Å². The highest BCUT2D eigenvalue weighted by Crippen LogP contribution is 2.19. The zero-order valence-electron chi connectivity index (χ0n) is 11.8. The van der Waals surface area contributed by atoms with Crippen LogP contribution in [0.5, 0.6) is 0 Å². The first-order valence-corrected chi connectivity index (χ1v) is 6.97. The van der Waals surface area contributed by atoms with Crippen molar-refractivity contribution in [2.24, 2.45) is 0 Å². The van der Waals surface area contributed by atoms with Gasteiger partial charge in [-0.2, -0.15) is 0 Å². The molecule has 2 rings (SSSR count). The number of rotatable bonds is 3. The van der Waals surface area contributed by atoms with Gasteiger partial charge in [0.05, 0.1) is 6.54 Å². The number of para-hydroxylation sites is 1. The number of nitrogens with zero attached hydrogens (tertiary/aromatic N) is 1. The van der Waals surface area contributed by atoms with E-state index < -0.39 is 0 Å². The topological polar surface area (TPSA) is 44.4 Å². The minimum atomic E-state index is 0.186. The molecule has 104 valence electrons. The maximum Gasteiger partial charge on any atom is 0.241 e. The number of hydrogen-bond donors (Lipinski definition) is 2. The van der Waals surface area contributed by atoms with Gasteiger partial charge in [0.1, 0.15) is 0 Å². The van der Waals surface area contributed by atoms with E-state index in [4.69, 9.17) is 0 Å². The van der Waals surface area contributed by atoms with Crippen molar-refractivity contribution in [1.82, 2.24) is 10.2 Å². The number of amides is 1. The van der Waals surface area contributed by atoms with Gasteiger partial charge in [-0.05, 0) is 37.9 Å². The summed E-state index contributed by atoms with van der Waals surface area (Å²) in [7, 11) is 0. The second-order valence-electron chi connectivity index (χ2n) is 5.10. The van der Waals surface area contributed by atoms with E-state index in [0.717, 1.165) is 38.3 Å². The van der Waals surface area contributed by atoms with Crippen LogP contribution in [-0.4, -0.2) is 43.5 Å². The number of hydrogen-bond acceptors (Lipinski definition) is 3. The Hall–Kier alpha value is -1.55. The third kappa shape index (κ3) is 3.70. The molecule has 2 N–H and O–H groups in total. The van der Waals surface area contributed by atoms with Crippen LogP contribution >= 0.6 is 0 Å². The first-order valence-electron chi connectivity index (χ1n) is 6.97. The molecule has 0 unspecified atom stereocenters. The van der Waals surface area contributed by atoms with Gasteiger partial charge in [-0.25, -0.2) is 0 Å². The lowest BCUT2D eigenvalue weighted by molar-refractivity contribution is -0.129. The molecule has 0 saturated carbocycles. The molecule has 4 nitrogen and oxygen atoms in total. The van der Waals surface area contributed by atoms with E-state index in [1.54, 1.807) is 0 Å². The van der Waals surface area contributed by atoms with Crippen LogP contribution in [0.15, 0.2) is 18.2 Å². The molecule has 4 heteroatoms. The Labute approximate surface area is 115 Å². The van der Waals surface area contributed by atoms with Crippen molar-refractivity contribution < 1.29 is 4.79 Å². The van der Waals surface area contributed by atoms with E-state index in [1.165, 1.54) is 11.1 Å². The van der Waals surface area contributed by atoms with Gasteiger partial charge in [0, 0.05) is 25.3 Å². The summed E-state index contributed by atoms with van der Waals surface area (Å²) < 4.78 is 0. The average molecular weight is 261 g/mol. The van der Waals surface area contributed by atoms with E-state index >= 15 is 0 Å². The molecule has 1 amide bonds. The minimum absolute atomic E-state index is 0.186. The highest BCUT2D eigenvalue weighted by Gasteiger charge is 2.15. The molecule has 0 atom stereocenters. The molecule has 1 aromatic carbocycles. The van der Waals surface area contributed by atoms with Gasteiger partial charge >= 0.3 is 0 Å². The van der Waals surface area contributed by atoms with Gasteiger partial charge in [-0.1, -0.05) is 18.2 Å². The summed E-state index contributed by atoms with van der Waals surface area (Å²) in [5.41, 5.74) is 3.46. The molecule has 0 radical (unpaired) electrons. The van der Waals surface area contributed by atoms with Crippen LogP contribution in [-0.2, 0) is 4.79 Å². The average Bonchev–Trinajstić information content (AvgIpc) is 2.66. The predicted octanol–water partition coefficient (Wildman–Crippen LogP) is 1.54. The summed E-state index contributed by atoms with van der Waals surface area (Å²) in [5, 5.41) is 6.60. The summed E-state index contributed by atoms with van der Waals surface area (Å²) in [6, 6.07) is 6.17. The lowest BCUT2D eigenvalue weighted by Gasteiger charge is -2.21. The van der Waals surface area contributed by atoms with Crippen molar-refractivity contribution in [3.8, 4) is 0 Å². The Bertz CT molecular complexity index is 417. The van der Waals surface area contributed by atoms with Crippen LogP contribution in [0.3, 0.4) is 0 Å². The molecule has 1 fully saturated rings. The number of benzene rings is 1. The van der Waals surface area contributed by atoms with Crippen LogP contribution in [0.1, 0.15) is 17.5 Å². The van der Waals surface area contributed by atoms with E-state index in [9.17, 15) is 4.79 Å². The molecular weight excluding hydrogens is 238 g/mol. The Balaban J connectivity index is 1.92. The quantitative estimate of drug-likeness (QED) is 0.867. The van der Waals surface area contributed by atoms with Gasteiger partial charge in [-0.15, -0.1) is 0 Å². The number of carbonyl (C=O) groups is 1. The molecule has 1 aliphatic heterocycles. The van der Waals surface area contributed by atoms with Crippen molar-refractivity contribution in [2.45, 2.75) is 20.3 Å². The molecule has 1 aromatic rings. The number of anilines is 1. The maximum atomic E-state index is 12.2. The Morgan fingerprint density at radius 2 is 2.00 bits per heavy atom. The first kappa shape index (κ1) is 13.9. The lowest BCUT2D eigenvalue weighted by atomic mass is 10.1.